The van der Waals surface area contributed by atoms with Gasteiger partial charge in [0, 0.05) is 42.8 Å². The maximum Gasteiger partial charge on any atom is 0.155 e. The Kier molecular flexibility index (Phi) is 8.96. The maximum atomic E-state index is 10.0. The zero-order valence-electron chi connectivity index (χ0n) is 10.6. The molecule has 0 fully saturated rings. The number of hydrogen-bond donors (Lipinski definition) is 1. The first kappa shape index (κ1) is 17.7. The Labute approximate surface area is 130 Å². The molecule has 0 amide bonds. The molecule has 0 unspecified atom stereocenters. The van der Waals surface area contributed by atoms with Crippen molar-refractivity contribution in [3.05, 3.63) is 53.7 Å². The molecule has 0 bridgehead atoms. The van der Waals surface area contributed by atoms with E-state index in [2.05, 4.69) is 11.1 Å². The maximum absolute atomic E-state index is 10.0. The van der Waals surface area contributed by atoms with E-state index in [-0.39, 0.29) is 31.6 Å². The molecule has 1 heterocycles. The molecule has 1 radical (unpaired) electrons. The Morgan fingerprint density at radius 3 is 2.53 bits per heavy atom. The summed E-state index contributed by atoms with van der Waals surface area (Å²) in [5, 5.41) is 11.4. The van der Waals surface area contributed by atoms with Gasteiger partial charge in [-0.15, -0.1) is 35.9 Å². The summed E-state index contributed by atoms with van der Waals surface area (Å²) in [6.45, 7) is 2.85. The molecule has 1 N–H and O–H groups in total. The van der Waals surface area contributed by atoms with Gasteiger partial charge in [-0.1, -0.05) is 0 Å². The fraction of sp³-hybridized carbons (Fsp3) is 0.143. The minimum atomic E-state index is -0.125. The second-order valence-corrected chi connectivity index (χ2v) is 4.40. The first-order valence-electron chi connectivity index (χ1n) is 5.34. The van der Waals surface area contributed by atoms with E-state index >= 15 is 0 Å². The van der Waals surface area contributed by atoms with Crippen LogP contribution in [0.2, 0.25) is 0 Å². The van der Waals surface area contributed by atoms with E-state index in [1.54, 1.807) is 17.5 Å². The number of carbonyl (C=O) groups is 1. The summed E-state index contributed by atoms with van der Waals surface area (Å²) in [6, 6.07) is 11.0. The van der Waals surface area contributed by atoms with E-state index in [0.717, 1.165) is 10.6 Å². The Balaban J connectivity index is 0.000000360. The molecular formula is C14H14IrNO2S-. The molecular weight excluding hydrogens is 438 g/mol. The third kappa shape index (κ3) is 7.67. The van der Waals surface area contributed by atoms with Crippen LogP contribution in [0.4, 0.5) is 0 Å². The molecule has 2 rings (SSSR count). The van der Waals surface area contributed by atoms with Crippen LogP contribution in [0.25, 0.3) is 10.6 Å². The van der Waals surface area contributed by atoms with Crippen LogP contribution in [0.5, 0.6) is 0 Å². The molecule has 103 valence electrons. The number of carbonyl (C=O) groups excluding carboxylic acids is 1. The molecule has 1 aromatic carbocycles. The number of thiazole rings is 1. The van der Waals surface area contributed by atoms with Gasteiger partial charge in [-0.25, -0.2) is 0 Å². The third-order valence-electron chi connectivity index (χ3n) is 1.78. The quantitative estimate of drug-likeness (QED) is 0.430. The van der Waals surface area contributed by atoms with Crippen molar-refractivity contribution < 1.29 is 30.0 Å². The summed E-state index contributed by atoms with van der Waals surface area (Å²) in [5.41, 5.74) is 1.07. The van der Waals surface area contributed by atoms with Crippen LogP contribution in [0.1, 0.15) is 13.8 Å². The zero-order valence-corrected chi connectivity index (χ0v) is 13.8. The van der Waals surface area contributed by atoms with E-state index in [9.17, 15) is 4.79 Å². The van der Waals surface area contributed by atoms with Crippen molar-refractivity contribution in [2.75, 3.05) is 0 Å². The van der Waals surface area contributed by atoms with E-state index < -0.39 is 0 Å². The van der Waals surface area contributed by atoms with Gasteiger partial charge in [0.1, 0.15) is 0 Å². The van der Waals surface area contributed by atoms with Crippen LogP contribution in [0.15, 0.2) is 47.7 Å². The number of aromatic nitrogens is 1. The Hall–Kier alpha value is -1.29. The summed E-state index contributed by atoms with van der Waals surface area (Å²) in [4.78, 5) is 14.2. The van der Waals surface area contributed by atoms with Crippen LogP contribution in [-0.4, -0.2) is 15.9 Å². The van der Waals surface area contributed by atoms with Gasteiger partial charge in [0.05, 0.1) is 5.76 Å². The molecule has 0 saturated heterocycles. The average molecular weight is 453 g/mol. The van der Waals surface area contributed by atoms with Gasteiger partial charge in [-0.2, -0.15) is 11.3 Å². The molecule has 5 heteroatoms. The zero-order chi connectivity index (χ0) is 13.4. The van der Waals surface area contributed by atoms with Gasteiger partial charge in [-0.3, -0.25) is 9.78 Å². The van der Waals surface area contributed by atoms with Crippen LogP contribution >= 0.6 is 11.3 Å². The van der Waals surface area contributed by atoms with E-state index in [1.165, 1.54) is 19.9 Å². The summed E-state index contributed by atoms with van der Waals surface area (Å²) >= 11 is 1.63. The van der Waals surface area contributed by atoms with Gasteiger partial charge >= 0.3 is 0 Å². The minimum absolute atomic E-state index is 0. The van der Waals surface area contributed by atoms with Crippen molar-refractivity contribution in [3.63, 3.8) is 0 Å². The number of hydrogen-bond acceptors (Lipinski definition) is 4. The van der Waals surface area contributed by atoms with Crippen LogP contribution < -0.4 is 0 Å². The van der Waals surface area contributed by atoms with Crippen molar-refractivity contribution in [2.45, 2.75) is 13.8 Å². The molecule has 0 aliphatic heterocycles. The SMILES string of the molecule is CC(=O)/C=C(/C)O.[Ir].[c-]1ccccc1-c1nccs1. The summed E-state index contributed by atoms with van der Waals surface area (Å²) in [5.74, 6) is -0.0625. The number of aliphatic hydroxyl groups is 1. The van der Waals surface area contributed by atoms with Crippen molar-refractivity contribution in [1.29, 1.82) is 0 Å². The van der Waals surface area contributed by atoms with E-state index in [0.29, 0.717) is 0 Å². The number of nitrogens with zero attached hydrogens (tertiary/aromatic N) is 1. The standard InChI is InChI=1S/C9H6NS.C5H8O2.Ir/c1-2-4-8(5-3-1)9-10-6-7-11-9;1-4(6)3-5(2)7;/h1-4,6-7H;3,6H,1-2H3;/q-1;;/b;4-3-;. The number of rotatable bonds is 2. The van der Waals surface area contributed by atoms with E-state index in [1.807, 2.05) is 29.6 Å². The molecule has 0 saturated carbocycles. The molecule has 3 nitrogen and oxygen atoms in total. The molecule has 0 spiro atoms. The molecule has 19 heavy (non-hydrogen) atoms. The van der Waals surface area contributed by atoms with Crippen molar-refractivity contribution in [1.82, 2.24) is 4.98 Å². The largest absolute Gasteiger partial charge is 0.512 e. The van der Waals surface area contributed by atoms with Crippen LogP contribution in [0.3, 0.4) is 0 Å². The Morgan fingerprint density at radius 1 is 1.42 bits per heavy atom. The molecule has 1 aromatic heterocycles. The predicted molar refractivity (Wildman–Crippen MR) is 73.5 cm³/mol. The van der Waals surface area contributed by atoms with Crippen molar-refractivity contribution >= 4 is 17.1 Å². The minimum Gasteiger partial charge on any atom is -0.512 e. The number of allylic oxidation sites excluding steroid dienone is 2. The average Bonchev–Trinajstić information content (AvgIpc) is 2.82. The van der Waals surface area contributed by atoms with Gasteiger partial charge in [0.2, 0.25) is 0 Å². The van der Waals surface area contributed by atoms with Gasteiger partial charge in [0.25, 0.3) is 0 Å². The number of ketones is 1. The smallest absolute Gasteiger partial charge is 0.155 e. The van der Waals surface area contributed by atoms with Gasteiger partial charge in [-0.05, 0) is 13.8 Å². The number of benzene rings is 1. The Morgan fingerprint density at radius 2 is 2.16 bits per heavy atom. The van der Waals surface area contributed by atoms with Crippen molar-refractivity contribution in [2.24, 2.45) is 0 Å². The molecule has 0 aliphatic rings. The van der Waals surface area contributed by atoms with Crippen molar-refractivity contribution in [3.8, 4) is 10.6 Å². The van der Waals surface area contributed by atoms with E-state index in [4.69, 9.17) is 5.11 Å². The van der Waals surface area contributed by atoms with Gasteiger partial charge in [0.15, 0.2) is 5.78 Å². The van der Waals surface area contributed by atoms with Gasteiger partial charge < -0.3 is 5.11 Å². The second kappa shape index (κ2) is 9.61. The molecule has 2 aromatic rings. The third-order valence-corrected chi connectivity index (χ3v) is 2.59. The normalized spacial score (nSPS) is 9.89. The van der Waals surface area contributed by atoms with Crippen LogP contribution in [0, 0.1) is 6.07 Å². The molecule has 0 atom stereocenters. The predicted octanol–water partition coefficient (Wildman–Crippen LogP) is 3.64. The number of aliphatic hydroxyl groups excluding tert-OH is 1. The van der Waals surface area contributed by atoms with Crippen LogP contribution in [-0.2, 0) is 24.9 Å². The summed E-state index contributed by atoms with van der Waals surface area (Å²) < 4.78 is 0. The second-order valence-electron chi connectivity index (χ2n) is 3.51. The monoisotopic (exact) mass is 453 g/mol. The first-order chi connectivity index (χ1) is 8.59. The molecule has 0 aliphatic carbocycles. The summed E-state index contributed by atoms with van der Waals surface area (Å²) in [6.07, 6.45) is 2.97. The Bertz CT molecular complexity index is 506. The first-order valence-corrected chi connectivity index (χ1v) is 6.22. The fourth-order valence-electron chi connectivity index (χ4n) is 1.18. The summed E-state index contributed by atoms with van der Waals surface area (Å²) in [7, 11) is 0. The fourth-order valence-corrected chi connectivity index (χ4v) is 1.80. The topological polar surface area (TPSA) is 50.2 Å².